The van der Waals surface area contributed by atoms with E-state index in [0.717, 1.165) is 34.9 Å². The van der Waals surface area contributed by atoms with Gasteiger partial charge < -0.3 is 15.1 Å². The van der Waals surface area contributed by atoms with Crippen LogP contribution in [0.4, 0.5) is 5.69 Å². The second-order valence-electron chi connectivity index (χ2n) is 6.81. The molecule has 2 N–H and O–H groups in total. The smallest absolute Gasteiger partial charge is 0.251 e. The molecule has 5 nitrogen and oxygen atoms in total. The summed E-state index contributed by atoms with van der Waals surface area (Å²) in [4.78, 5) is 24.5. The Kier molecular flexibility index (Phi) is 4.21. The number of amides is 2. The quantitative estimate of drug-likeness (QED) is 0.736. The molecule has 0 aliphatic heterocycles. The van der Waals surface area contributed by atoms with Crippen LogP contribution in [0.3, 0.4) is 0 Å². The first-order valence-electron chi connectivity index (χ1n) is 8.76. The normalized spacial score (nSPS) is 13.6. The van der Waals surface area contributed by atoms with Gasteiger partial charge in [0.05, 0.1) is 12.7 Å². The van der Waals surface area contributed by atoms with Gasteiger partial charge in [-0.05, 0) is 49.6 Å². The van der Waals surface area contributed by atoms with Crippen molar-refractivity contribution in [2.75, 3.05) is 5.32 Å². The molecule has 0 spiro atoms. The van der Waals surface area contributed by atoms with Crippen molar-refractivity contribution in [1.29, 1.82) is 0 Å². The van der Waals surface area contributed by atoms with Crippen LogP contribution in [0.15, 0.2) is 53.1 Å². The summed E-state index contributed by atoms with van der Waals surface area (Å²) in [5.74, 6) is -0.243. The number of carbonyl (C=O) groups is 2. The molecule has 1 fully saturated rings. The maximum absolute atomic E-state index is 12.4. The van der Waals surface area contributed by atoms with Gasteiger partial charge in [-0.2, -0.15) is 0 Å². The van der Waals surface area contributed by atoms with Gasteiger partial charge in [0.2, 0.25) is 5.91 Å². The maximum atomic E-state index is 12.4. The molecule has 1 aliphatic rings. The summed E-state index contributed by atoms with van der Waals surface area (Å²) < 4.78 is 5.54. The Hall–Kier alpha value is -3.08. The van der Waals surface area contributed by atoms with Crippen LogP contribution in [0.25, 0.3) is 11.0 Å². The molecule has 1 heterocycles. The summed E-state index contributed by atoms with van der Waals surface area (Å²) in [7, 11) is 0. The van der Waals surface area contributed by atoms with Gasteiger partial charge in [0.1, 0.15) is 5.58 Å². The molecule has 4 rings (SSSR count). The van der Waals surface area contributed by atoms with Gasteiger partial charge in [-0.3, -0.25) is 9.59 Å². The minimum atomic E-state index is -0.145. The number of hydrogen-bond donors (Lipinski definition) is 2. The summed E-state index contributed by atoms with van der Waals surface area (Å²) in [5, 5.41) is 6.76. The molecule has 1 aromatic heterocycles. The Morgan fingerprint density at radius 3 is 2.81 bits per heavy atom. The number of furan rings is 1. The highest BCUT2D eigenvalue weighted by molar-refractivity contribution is 5.98. The fourth-order valence-corrected chi connectivity index (χ4v) is 2.94. The van der Waals surface area contributed by atoms with Crippen molar-refractivity contribution in [1.82, 2.24) is 5.32 Å². The maximum Gasteiger partial charge on any atom is 0.251 e. The van der Waals surface area contributed by atoms with Crippen molar-refractivity contribution in [2.45, 2.75) is 32.2 Å². The van der Waals surface area contributed by atoms with Gasteiger partial charge in [0.25, 0.3) is 5.91 Å². The van der Waals surface area contributed by atoms with Gasteiger partial charge >= 0.3 is 0 Å². The highest BCUT2D eigenvalue weighted by Crippen LogP contribution is 2.23. The van der Waals surface area contributed by atoms with Crippen molar-refractivity contribution < 1.29 is 14.0 Å². The molecule has 1 aliphatic carbocycles. The summed E-state index contributed by atoms with van der Waals surface area (Å²) in [6.45, 7) is 2.00. The molecule has 0 radical (unpaired) electrons. The van der Waals surface area contributed by atoms with Gasteiger partial charge in [-0.25, -0.2) is 0 Å². The molecule has 0 bridgehead atoms. The monoisotopic (exact) mass is 348 g/mol. The SMILES string of the molecule is Cc1ccc2c(CC(=O)Nc3cccc(C(=O)NC4CC4)c3)coc2c1. The summed E-state index contributed by atoms with van der Waals surface area (Å²) in [6.07, 6.45) is 3.93. The number of anilines is 1. The average molecular weight is 348 g/mol. The van der Waals surface area contributed by atoms with Crippen LogP contribution in [0, 0.1) is 6.92 Å². The fourth-order valence-electron chi connectivity index (χ4n) is 2.94. The zero-order valence-electron chi connectivity index (χ0n) is 14.5. The lowest BCUT2D eigenvalue weighted by atomic mass is 10.1. The standard InChI is InChI=1S/C21H20N2O3/c1-13-5-8-18-15(12-26-19(18)9-13)11-20(24)22-17-4-2-3-14(10-17)21(25)23-16-6-7-16/h2-5,8-10,12,16H,6-7,11H2,1H3,(H,22,24)(H,23,25). The van der Waals surface area contributed by atoms with Crippen molar-refractivity contribution in [2.24, 2.45) is 0 Å². The number of carbonyl (C=O) groups excluding carboxylic acids is 2. The highest BCUT2D eigenvalue weighted by Gasteiger charge is 2.23. The molecular formula is C21H20N2O3. The van der Waals surface area contributed by atoms with Crippen LogP contribution in [0.5, 0.6) is 0 Å². The van der Waals surface area contributed by atoms with E-state index < -0.39 is 0 Å². The number of aryl methyl sites for hydroxylation is 1. The molecule has 1 saturated carbocycles. The largest absolute Gasteiger partial charge is 0.464 e. The molecule has 2 amide bonds. The molecule has 3 aromatic rings. The van der Waals surface area contributed by atoms with Gasteiger partial charge in [-0.15, -0.1) is 0 Å². The number of nitrogens with one attached hydrogen (secondary N) is 2. The third-order valence-corrected chi connectivity index (χ3v) is 4.48. The predicted octanol–water partition coefficient (Wildman–Crippen LogP) is 3.81. The van der Waals surface area contributed by atoms with Crippen LogP contribution in [0.1, 0.15) is 34.3 Å². The first-order chi connectivity index (χ1) is 12.6. The lowest BCUT2D eigenvalue weighted by Crippen LogP contribution is -2.25. The van der Waals surface area contributed by atoms with Crippen LogP contribution >= 0.6 is 0 Å². The van der Waals surface area contributed by atoms with E-state index in [2.05, 4.69) is 10.6 Å². The van der Waals surface area contributed by atoms with Crippen molar-refractivity contribution in [3.63, 3.8) is 0 Å². The fraction of sp³-hybridized carbons (Fsp3) is 0.238. The van der Waals surface area contributed by atoms with Crippen molar-refractivity contribution in [3.05, 3.63) is 65.4 Å². The average Bonchev–Trinajstić information content (AvgIpc) is 3.35. The third kappa shape index (κ3) is 3.61. The van der Waals surface area contributed by atoms with E-state index in [1.165, 1.54) is 0 Å². The number of rotatable bonds is 5. The van der Waals surface area contributed by atoms with Crippen LogP contribution < -0.4 is 10.6 Å². The molecule has 0 saturated heterocycles. The number of fused-ring (bicyclic) bond motifs is 1. The molecule has 26 heavy (non-hydrogen) atoms. The molecule has 2 aromatic carbocycles. The van der Waals surface area contributed by atoms with E-state index in [0.29, 0.717) is 17.3 Å². The molecular weight excluding hydrogens is 328 g/mol. The first kappa shape index (κ1) is 16.4. The van der Waals surface area contributed by atoms with E-state index in [-0.39, 0.29) is 18.2 Å². The topological polar surface area (TPSA) is 71.3 Å². The summed E-state index contributed by atoms with van der Waals surface area (Å²) in [6, 6.07) is 13.2. The first-order valence-corrected chi connectivity index (χ1v) is 8.76. The predicted molar refractivity (Wildman–Crippen MR) is 100 cm³/mol. The minimum absolute atomic E-state index is 0.0974. The zero-order valence-corrected chi connectivity index (χ0v) is 14.5. The molecule has 0 unspecified atom stereocenters. The van der Waals surface area contributed by atoms with Crippen LogP contribution in [0.2, 0.25) is 0 Å². The van der Waals surface area contributed by atoms with Crippen LogP contribution in [-0.2, 0) is 11.2 Å². The van der Waals surface area contributed by atoms with E-state index in [9.17, 15) is 9.59 Å². The van der Waals surface area contributed by atoms with Gasteiger partial charge in [0, 0.05) is 28.2 Å². The van der Waals surface area contributed by atoms with Gasteiger partial charge in [0.15, 0.2) is 0 Å². The minimum Gasteiger partial charge on any atom is -0.464 e. The second kappa shape index (κ2) is 6.67. The Balaban J connectivity index is 1.44. The van der Waals surface area contributed by atoms with E-state index in [1.807, 2.05) is 25.1 Å². The molecule has 0 atom stereocenters. The lowest BCUT2D eigenvalue weighted by Gasteiger charge is -2.08. The van der Waals surface area contributed by atoms with Crippen LogP contribution in [-0.4, -0.2) is 17.9 Å². The zero-order chi connectivity index (χ0) is 18.1. The van der Waals surface area contributed by atoms with E-state index in [1.54, 1.807) is 30.5 Å². The van der Waals surface area contributed by atoms with Crippen molar-refractivity contribution in [3.8, 4) is 0 Å². The second-order valence-corrected chi connectivity index (χ2v) is 6.81. The lowest BCUT2D eigenvalue weighted by molar-refractivity contribution is -0.115. The number of hydrogen-bond acceptors (Lipinski definition) is 3. The van der Waals surface area contributed by atoms with E-state index >= 15 is 0 Å². The third-order valence-electron chi connectivity index (χ3n) is 4.48. The van der Waals surface area contributed by atoms with Crippen molar-refractivity contribution >= 4 is 28.5 Å². The van der Waals surface area contributed by atoms with E-state index in [4.69, 9.17) is 4.42 Å². The Morgan fingerprint density at radius 1 is 1.15 bits per heavy atom. The summed E-state index contributed by atoms with van der Waals surface area (Å²) >= 11 is 0. The Bertz CT molecular complexity index is 986. The summed E-state index contributed by atoms with van der Waals surface area (Å²) in [5.41, 5.74) is 3.91. The van der Waals surface area contributed by atoms with Gasteiger partial charge in [-0.1, -0.05) is 18.2 Å². The Morgan fingerprint density at radius 2 is 2.00 bits per heavy atom. The number of benzene rings is 2. The Labute approximate surface area is 151 Å². The molecule has 132 valence electrons. The molecule has 5 heteroatoms. The highest BCUT2D eigenvalue weighted by atomic mass is 16.3.